The maximum atomic E-state index is 12.4. The van der Waals surface area contributed by atoms with Gasteiger partial charge in [-0.15, -0.1) is 0 Å². The highest BCUT2D eigenvalue weighted by Gasteiger charge is 2.29. The SMILES string of the molecule is CC(C#N)CN(C)Cc1ccc(C(F)(F)F)cc1. The van der Waals surface area contributed by atoms with Gasteiger partial charge in [-0.25, -0.2) is 0 Å². The van der Waals surface area contributed by atoms with Gasteiger partial charge in [0.1, 0.15) is 0 Å². The number of hydrogen-bond donors (Lipinski definition) is 0. The normalized spacial score (nSPS) is 13.4. The van der Waals surface area contributed by atoms with Gasteiger partial charge >= 0.3 is 6.18 Å². The van der Waals surface area contributed by atoms with Gasteiger partial charge in [-0.1, -0.05) is 12.1 Å². The van der Waals surface area contributed by atoms with E-state index in [9.17, 15) is 13.2 Å². The predicted molar refractivity (Wildman–Crippen MR) is 62.6 cm³/mol. The number of halogens is 3. The van der Waals surface area contributed by atoms with Crippen LogP contribution in [0.2, 0.25) is 0 Å². The second-order valence-corrected chi connectivity index (χ2v) is 4.42. The standard InChI is InChI=1S/C13H15F3N2/c1-10(7-17)8-18(2)9-11-3-5-12(6-4-11)13(14,15)16/h3-6,10H,8-9H2,1-2H3. The molecule has 0 amide bonds. The zero-order chi connectivity index (χ0) is 13.8. The van der Waals surface area contributed by atoms with Crippen molar-refractivity contribution < 1.29 is 13.2 Å². The predicted octanol–water partition coefficient (Wildman–Crippen LogP) is 3.30. The van der Waals surface area contributed by atoms with E-state index in [0.29, 0.717) is 13.1 Å². The van der Waals surface area contributed by atoms with Crippen LogP contribution < -0.4 is 0 Å². The van der Waals surface area contributed by atoms with Crippen molar-refractivity contribution in [3.8, 4) is 6.07 Å². The molecule has 0 aliphatic rings. The first-order valence-electron chi connectivity index (χ1n) is 5.57. The Labute approximate surface area is 105 Å². The van der Waals surface area contributed by atoms with E-state index in [1.54, 1.807) is 0 Å². The lowest BCUT2D eigenvalue weighted by Crippen LogP contribution is -2.23. The summed E-state index contributed by atoms with van der Waals surface area (Å²) < 4.78 is 37.1. The van der Waals surface area contributed by atoms with Gasteiger partial charge in [0.15, 0.2) is 0 Å². The third-order valence-electron chi connectivity index (χ3n) is 2.54. The number of benzene rings is 1. The van der Waals surface area contributed by atoms with Crippen LogP contribution in [-0.2, 0) is 12.7 Å². The Kier molecular flexibility index (Phi) is 4.74. The number of nitriles is 1. The van der Waals surface area contributed by atoms with Crippen LogP contribution >= 0.6 is 0 Å². The summed E-state index contributed by atoms with van der Waals surface area (Å²) in [5.74, 6) is -0.0931. The van der Waals surface area contributed by atoms with Crippen LogP contribution in [0.4, 0.5) is 13.2 Å². The minimum atomic E-state index is -4.29. The second-order valence-electron chi connectivity index (χ2n) is 4.42. The van der Waals surface area contributed by atoms with Crippen molar-refractivity contribution in [1.82, 2.24) is 4.90 Å². The van der Waals surface area contributed by atoms with E-state index in [0.717, 1.165) is 17.7 Å². The molecule has 5 heteroatoms. The van der Waals surface area contributed by atoms with Crippen LogP contribution in [0.3, 0.4) is 0 Å². The molecule has 0 saturated carbocycles. The summed E-state index contributed by atoms with van der Waals surface area (Å²) in [7, 11) is 1.84. The molecular weight excluding hydrogens is 241 g/mol. The first kappa shape index (κ1) is 14.5. The first-order chi connectivity index (χ1) is 8.32. The van der Waals surface area contributed by atoms with Crippen molar-refractivity contribution >= 4 is 0 Å². The fourth-order valence-electron chi connectivity index (χ4n) is 1.68. The van der Waals surface area contributed by atoms with Crippen LogP contribution in [-0.4, -0.2) is 18.5 Å². The zero-order valence-corrected chi connectivity index (χ0v) is 10.3. The lowest BCUT2D eigenvalue weighted by molar-refractivity contribution is -0.137. The van der Waals surface area contributed by atoms with E-state index in [4.69, 9.17) is 5.26 Å². The van der Waals surface area contributed by atoms with Crippen molar-refractivity contribution in [2.45, 2.75) is 19.6 Å². The summed E-state index contributed by atoms with van der Waals surface area (Å²) in [6.45, 7) is 2.94. The molecule has 0 aliphatic heterocycles. The molecule has 2 nitrogen and oxygen atoms in total. The molecule has 1 unspecified atom stereocenters. The Bertz CT molecular complexity index is 417. The Balaban J connectivity index is 2.62. The first-order valence-corrected chi connectivity index (χ1v) is 5.57. The summed E-state index contributed by atoms with van der Waals surface area (Å²) in [5, 5.41) is 8.67. The molecule has 0 aliphatic carbocycles. The van der Waals surface area contributed by atoms with Crippen LogP contribution in [0.5, 0.6) is 0 Å². The van der Waals surface area contributed by atoms with Gasteiger partial charge in [-0.3, -0.25) is 0 Å². The van der Waals surface area contributed by atoms with E-state index in [1.807, 2.05) is 18.9 Å². The fraction of sp³-hybridized carbons (Fsp3) is 0.462. The summed E-state index contributed by atoms with van der Waals surface area (Å²) in [5.41, 5.74) is 0.162. The molecule has 0 bridgehead atoms. The summed E-state index contributed by atoms with van der Waals surface area (Å²) in [4.78, 5) is 1.91. The molecule has 0 saturated heterocycles. The summed E-state index contributed by atoms with van der Waals surface area (Å²) >= 11 is 0. The Morgan fingerprint density at radius 3 is 2.28 bits per heavy atom. The van der Waals surface area contributed by atoms with Gasteiger partial charge in [0, 0.05) is 13.1 Å². The van der Waals surface area contributed by atoms with Gasteiger partial charge < -0.3 is 4.90 Å². The lowest BCUT2D eigenvalue weighted by Gasteiger charge is -2.18. The monoisotopic (exact) mass is 256 g/mol. The van der Waals surface area contributed by atoms with Crippen LogP contribution in [0.25, 0.3) is 0 Å². The summed E-state index contributed by atoms with van der Waals surface area (Å²) in [6, 6.07) is 7.22. The van der Waals surface area contributed by atoms with Gasteiger partial charge in [-0.05, 0) is 31.7 Å². The van der Waals surface area contributed by atoms with Crippen molar-refractivity contribution in [2.75, 3.05) is 13.6 Å². The fourth-order valence-corrected chi connectivity index (χ4v) is 1.68. The van der Waals surface area contributed by atoms with Crippen LogP contribution in [0, 0.1) is 17.2 Å². The molecule has 1 rings (SSSR count). The molecule has 0 aromatic heterocycles. The Morgan fingerprint density at radius 1 is 1.28 bits per heavy atom. The maximum absolute atomic E-state index is 12.4. The van der Waals surface area contributed by atoms with E-state index in [-0.39, 0.29) is 5.92 Å². The van der Waals surface area contributed by atoms with Crippen LogP contribution in [0.15, 0.2) is 24.3 Å². The second kappa shape index (κ2) is 5.87. The molecule has 1 aromatic rings. The third-order valence-corrected chi connectivity index (χ3v) is 2.54. The van der Waals surface area contributed by atoms with Gasteiger partial charge in [0.25, 0.3) is 0 Å². The Morgan fingerprint density at radius 2 is 1.83 bits per heavy atom. The highest BCUT2D eigenvalue weighted by atomic mass is 19.4. The lowest BCUT2D eigenvalue weighted by atomic mass is 10.1. The molecular formula is C13H15F3N2. The van der Waals surface area contributed by atoms with Crippen LogP contribution in [0.1, 0.15) is 18.1 Å². The number of nitrogens with zero attached hydrogens (tertiary/aromatic N) is 2. The smallest absolute Gasteiger partial charge is 0.301 e. The molecule has 0 heterocycles. The highest BCUT2D eigenvalue weighted by Crippen LogP contribution is 2.29. The van der Waals surface area contributed by atoms with Gasteiger partial charge in [0.2, 0.25) is 0 Å². The molecule has 1 atom stereocenters. The minimum Gasteiger partial charge on any atom is -0.301 e. The van der Waals surface area contributed by atoms with E-state index in [1.165, 1.54) is 12.1 Å². The largest absolute Gasteiger partial charge is 0.416 e. The van der Waals surface area contributed by atoms with Crippen molar-refractivity contribution in [2.24, 2.45) is 5.92 Å². The number of hydrogen-bond acceptors (Lipinski definition) is 2. The van der Waals surface area contributed by atoms with E-state index in [2.05, 4.69) is 6.07 Å². The maximum Gasteiger partial charge on any atom is 0.416 e. The van der Waals surface area contributed by atoms with E-state index < -0.39 is 11.7 Å². The third kappa shape index (κ3) is 4.38. The number of rotatable bonds is 4. The molecule has 98 valence electrons. The van der Waals surface area contributed by atoms with E-state index >= 15 is 0 Å². The quantitative estimate of drug-likeness (QED) is 0.826. The number of alkyl halides is 3. The van der Waals surface area contributed by atoms with Crippen molar-refractivity contribution in [3.05, 3.63) is 35.4 Å². The molecule has 0 fully saturated rings. The van der Waals surface area contributed by atoms with Gasteiger partial charge in [0.05, 0.1) is 17.6 Å². The molecule has 0 N–H and O–H groups in total. The van der Waals surface area contributed by atoms with Crippen molar-refractivity contribution in [3.63, 3.8) is 0 Å². The zero-order valence-electron chi connectivity index (χ0n) is 10.3. The highest BCUT2D eigenvalue weighted by molar-refractivity contribution is 5.24. The summed E-state index contributed by atoms with van der Waals surface area (Å²) in [6.07, 6.45) is -4.29. The topological polar surface area (TPSA) is 27.0 Å². The average Bonchev–Trinajstić information content (AvgIpc) is 2.28. The molecule has 18 heavy (non-hydrogen) atoms. The molecule has 0 radical (unpaired) electrons. The Hall–Kier alpha value is -1.54. The minimum absolute atomic E-state index is 0.0931. The average molecular weight is 256 g/mol. The molecule has 0 spiro atoms. The van der Waals surface area contributed by atoms with Gasteiger partial charge in [-0.2, -0.15) is 18.4 Å². The van der Waals surface area contributed by atoms with Crippen molar-refractivity contribution in [1.29, 1.82) is 5.26 Å². The molecule has 1 aromatic carbocycles.